The molecule has 0 N–H and O–H groups in total. The summed E-state index contributed by atoms with van der Waals surface area (Å²) in [4.78, 5) is 15.6. The van der Waals surface area contributed by atoms with Crippen molar-refractivity contribution in [3.63, 3.8) is 0 Å². The zero-order chi connectivity index (χ0) is 14.7. The number of hydrogen-bond acceptors (Lipinski definition) is 4. The molecule has 0 radical (unpaired) electrons. The third-order valence-corrected chi connectivity index (χ3v) is 3.24. The van der Waals surface area contributed by atoms with Crippen molar-refractivity contribution in [3.05, 3.63) is 52.7 Å². The summed E-state index contributed by atoms with van der Waals surface area (Å²) in [5.41, 5.74) is 3.66. The summed E-state index contributed by atoms with van der Waals surface area (Å²) in [6.45, 7) is 6.01. The maximum atomic E-state index is 11.5. The predicted molar refractivity (Wildman–Crippen MR) is 76.3 cm³/mol. The lowest BCUT2D eigenvalue weighted by atomic mass is 10.1. The van der Waals surface area contributed by atoms with Crippen molar-refractivity contribution in [1.82, 2.24) is 4.98 Å². The highest BCUT2D eigenvalue weighted by molar-refractivity contribution is 5.89. The molecule has 0 saturated heterocycles. The second kappa shape index (κ2) is 5.74. The average molecular weight is 271 g/mol. The van der Waals surface area contributed by atoms with Crippen LogP contribution in [0.5, 0.6) is 11.6 Å². The van der Waals surface area contributed by atoms with Gasteiger partial charge in [0, 0.05) is 12.3 Å². The number of benzene rings is 1. The van der Waals surface area contributed by atoms with E-state index >= 15 is 0 Å². The van der Waals surface area contributed by atoms with Crippen LogP contribution in [-0.4, -0.2) is 18.1 Å². The van der Waals surface area contributed by atoms with Crippen molar-refractivity contribution in [2.24, 2.45) is 0 Å². The van der Waals surface area contributed by atoms with Gasteiger partial charge in [-0.1, -0.05) is 12.1 Å². The highest BCUT2D eigenvalue weighted by Gasteiger charge is 2.11. The Labute approximate surface area is 118 Å². The fourth-order valence-corrected chi connectivity index (χ4v) is 1.90. The van der Waals surface area contributed by atoms with Gasteiger partial charge in [0.25, 0.3) is 0 Å². The highest BCUT2D eigenvalue weighted by Crippen LogP contribution is 2.29. The number of ether oxygens (including phenoxy) is 2. The highest BCUT2D eigenvalue weighted by atomic mass is 16.5. The van der Waals surface area contributed by atoms with Crippen molar-refractivity contribution >= 4 is 5.97 Å². The molecule has 20 heavy (non-hydrogen) atoms. The van der Waals surface area contributed by atoms with Gasteiger partial charge in [-0.25, -0.2) is 9.78 Å². The maximum absolute atomic E-state index is 11.5. The number of methoxy groups -OCH3 is 1. The molecule has 1 heterocycles. The molecule has 0 unspecified atom stereocenters. The quantitative estimate of drug-likeness (QED) is 0.800. The molecule has 0 fully saturated rings. The fourth-order valence-electron chi connectivity index (χ4n) is 1.90. The summed E-state index contributed by atoms with van der Waals surface area (Å²) in [7, 11) is 1.35. The van der Waals surface area contributed by atoms with Gasteiger partial charge >= 0.3 is 5.97 Å². The van der Waals surface area contributed by atoms with Crippen LogP contribution in [0.4, 0.5) is 0 Å². The van der Waals surface area contributed by atoms with E-state index in [9.17, 15) is 4.79 Å². The SMILES string of the molecule is COC(=O)c1ccnc(Oc2c(C)ccc(C)c2C)c1. The first kappa shape index (κ1) is 14.1. The molecule has 4 nitrogen and oxygen atoms in total. The van der Waals surface area contributed by atoms with Crippen molar-refractivity contribution in [3.8, 4) is 11.6 Å². The standard InChI is InChI=1S/C16H17NO3/c1-10-5-6-11(2)15(12(10)3)20-14-9-13(7-8-17-14)16(18)19-4/h5-9H,1-4H3. The van der Waals surface area contributed by atoms with Gasteiger partial charge < -0.3 is 9.47 Å². The van der Waals surface area contributed by atoms with Crippen molar-refractivity contribution in [2.75, 3.05) is 7.11 Å². The Morgan fingerprint density at radius 1 is 1.10 bits per heavy atom. The number of nitrogens with zero attached hydrogens (tertiary/aromatic N) is 1. The first-order valence-corrected chi connectivity index (χ1v) is 6.32. The molecular weight excluding hydrogens is 254 g/mol. The first-order valence-electron chi connectivity index (χ1n) is 6.32. The lowest BCUT2D eigenvalue weighted by molar-refractivity contribution is 0.0600. The van der Waals surface area contributed by atoms with Crippen LogP contribution in [0.15, 0.2) is 30.5 Å². The zero-order valence-electron chi connectivity index (χ0n) is 12.1. The predicted octanol–water partition coefficient (Wildman–Crippen LogP) is 3.59. The van der Waals surface area contributed by atoms with Gasteiger partial charge in [0.2, 0.25) is 5.88 Å². The Hall–Kier alpha value is -2.36. The number of carbonyl (C=O) groups is 1. The summed E-state index contributed by atoms with van der Waals surface area (Å²) >= 11 is 0. The van der Waals surface area contributed by atoms with E-state index in [1.54, 1.807) is 12.1 Å². The topological polar surface area (TPSA) is 48.4 Å². The number of aryl methyl sites for hydroxylation is 2. The van der Waals surface area contributed by atoms with E-state index in [1.807, 2.05) is 26.8 Å². The number of carbonyl (C=O) groups excluding carboxylic acids is 1. The Morgan fingerprint density at radius 2 is 1.80 bits per heavy atom. The van der Waals surface area contributed by atoms with E-state index in [0.717, 1.165) is 22.4 Å². The summed E-state index contributed by atoms with van der Waals surface area (Å²) in [6, 6.07) is 7.22. The molecule has 0 atom stereocenters. The van der Waals surface area contributed by atoms with Crippen LogP contribution in [-0.2, 0) is 4.74 Å². The van der Waals surface area contributed by atoms with E-state index in [0.29, 0.717) is 11.4 Å². The molecule has 0 saturated carbocycles. The first-order chi connectivity index (χ1) is 9.52. The summed E-state index contributed by atoms with van der Waals surface area (Å²) in [6.07, 6.45) is 1.53. The molecule has 0 spiro atoms. The lowest BCUT2D eigenvalue weighted by Gasteiger charge is -2.13. The molecule has 1 aromatic heterocycles. The van der Waals surface area contributed by atoms with Gasteiger partial charge in [0.1, 0.15) is 5.75 Å². The van der Waals surface area contributed by atoms with Gasteiger partial charge in [-0.15, -0.1) is 0 Å². The van der Waals surface area contributed by atoms with Crippen LogP contribution < -0.4 is 4.74 Å². The minimum Gasteiger partial charge on any atom is -0.465 e. The van der Waals surface area contributed by atoms with Crippen LogP contribution >= 0.6 is 0 Å². The van der Waals surface area contributed by atoms with Gasteiger partial charge in [-0.05, 0) is 43.5 Å². The number of hydrogen-bond donors (Lipinski definition) is 0. The maximum Gasteiger partial charge on any atom is 0.338 e. The van der Waals surface area contributed by atoms with E-state index in [1.165, 1.54) is 13.3 Å². The second-order valence-corrected chi connectivity index (χ2v) is 4.63. The second-order valence-electron chi connectivity index (χ2n) is 4.63. The number of pyridine rings is 1. The zero-order valence-corrected chi connectivity index (χ0v) is 12.1. The number of rotatable bonds is 3. The van der Waals surface area contributed by atoms with Crippen LogP contribution in [0.3, 0.4) is 0 Å². The Bertz CT molecular complexity index is 650. The smallest absolute Gasteiger partial charge is 0.338 e. The largest absolute Gasteiger partial charge is 0.465 e. The Kier molecular flexibility index (Phi) is 4.03. The van der Waals surface area contributed by atoms with Gasteiger partial charge in [0.05, 0.1) is 12.7 Å². The number of esters is 1. The van der Waals surface area contributed by atoms with Crippen LogP contribution in [0, 0.1) is 20.8 Å². The fraction of sp³-hybridized carbons (Fsp3) is 0.250. The van der Waals surface area contributed by atoms with Crippen molar-refractivity contribution in [2.45, 2.75) is 20.8 Å². The minimum absolute atomic E-state index is 0.379. The average Bonchev–Trinajstić information content (AvgIpc) is 2.47. The molecule has 4 heteroatoms. The van der Waals surface area contributed by atoms with Crippen LogP contribution in [0.2, 0.25) is 0 Å². The Balaban J connectivity index is 2.36. The third-order valence-electron chi connectivity index (χ3n) is 3.24. The van der Waals surface area contributed by atoms with E-state index < -0.39 is 5.97 Å². The van der Waals surface area contributed by atoms with Gasteiger partial charge in [-0.2, -0.15) is 0 Å². The van der Waals surface area contributed by atoms with E-state index in [-0.39, 0.29) is 0 Å². The summed E-state index contributed by atoms with van der Waals surface area (Å²) in [5, 5.41) is 0. The molecule has 0 aliphatic rings. The monoisotopic (exact) mass is 271 g/mol. The van der Waals surface area contributed by atoms with Crippen molar-refractivity contribution in [1.29, 1.82) is 0 Å². The van der Waals surface area contributed by atoms with Crippen LogP contribution in [0.1, 0.15) is 27.0 Å². The summed E-state index contributed by atoms with van der Waals surface area (Å²) in [5.74, 6) is 0.749. The van der Waals surface area contributed by atoms with E-state index in [2.05, 4.69) is 15.8 Å². The van der Waals surface area contributed by atoms with Crippen molar-refractivity contribution < 1.29 is 14.3 Å². The molecule has 0 amide bonds. The molecule has 0 aliphatic heterocycles. The van der Waals surface area contributed by atoms with E-state index in [4.69, 9.17) is 4.74 Å². The Morgan fingerprint density at radius 3 is 2.50 bits per heavy atom. The van der Waals surface area contributed by atoms with Gasteiger partial charge in [-0.3, -0.25) is 0 Å². The molecular formula is C16H17NO3. The van der Waals surface area contributed by atoms with Crippen LogP contribution in [0.25, 0.3) is 0 Å². The normalized spacial score (nSPS) is 10.2. The third kappa shape index (κ3) is 2.79. The molecule has 2 rings (SSSR count). The number of aromatic nitrogens is 1. The molecule has 0 aliphatic carbocycles. The molecule has 104 valence electrons. The minimum atomic E-state index is -0.407. The van der Waals surface area contributed by atoms with Gasteiger partial charge in [0.15, 0.2) is 0 Å². The lowest BCUT2D eigenvalue weighted by Crippen LogP contribution is -2.02. The molecule has 0 bridgehead atoms. The summed E-state index contributed by atoms with van der Waals surface area (Å²) < 4.78 is 10.5. The molecule has 2 aromatic rings. The molecule has 1 aromatic carbocycles.